The van der Waals surface area contributed by atoms with Crippen molar-refractivity contribution in [3.05, 3.63) is 35.9 Å². The van der Waals surface area contributed by atoms with Gasteiger partial charge in [-0.1, -0.05) is 50.6 Å². The van der Waals surface area contributed by atoms with Crippen molar-refractivity contribution in [2.75, 3.05) is 6.54 Å². The van der Waals surface area contributed by atoms with Crippen molar-refractivity contribution in [2.24, 2.45) is 11.7 Å². The van der Waals surface area contributed by atoms with Crippen LogP contribution in [0.1, 0.15) is 31.7 Å². The fourth-order valence-corrected chi connectivity index (χ4v) is 1.75. The van der Waals surface area contributed by atoms with E-state index in [1.807, 2.05) is 0 Å². The van der Waals surface area contributed by atoms with Gasteiger partial charge in [-0.15, -0.1) is 0 Å². The van der Waals surface area contributed by atoms with E-state index in [4.69, 9.17) is 5.73 Å². The molecule has 13 heavy (non-hydrogen) atoms. The van der Waals surface area contributed by atoms with Crippen LogP contribution in [0.25, 0.3) is 0 Å². The molecule has 0 aliphatic rings. The van der Waals surface area contributed by atoms with Crippen LogP contribution in [0.2, 0.25) is 0 Å². The Kier molecular flexibility index (Phi) is 3.97. The summed E-state index contributed by atoms with van der Waals surface area (Å²) in [5.74, 6) is 1.19. The van der Waals surface area contributed by atoms with Crippen molar-refractivity contribution in [1.82, 2.24) is 0 Å². The minimum absolute atomic E-state index is 0.580. The molecule has 0 radical (unpaired) electrons. The fraction of sp³-hybridized carbons (Fsp3) is 0.500. The van der Waals surface area contributed by atoms with Crippen molar-refractivity contribution in [2.45, 2.75) is 26.2 Å². The highest BCUT2D eigenvalue weighted by molar-refractivity contribution is 5.19. The number of benzene rings is 1. The molecule has 1 aromatic carbocycles. The molecule has 1 aromatic rings. The molecule has 0 bridgehead atoms. The summed E-state index contributed by atoms with van der Waals surface area (Å²) < 4.78 is 0. The molecule has 0 amide bonds. The van der Waals surface area contributed by atoms with Crippen molar-refractivity contribution in [3.63, 3.8) is 0 Å². The predicted molar refractivity (Wildman–Crippen MR) is 57.7 cm³/mol. The first-order valence-corrected chi connectivity index (χ1v) is 5.04. The Morgan fingerprint density at radius 1 is 1.23 bits per heavy atom. The summed E-state index contributed by atoms with van der Waals surface area (Å²) in [4.78, 5) is 0. The molecule has 0 aliphatic heterocycles. The topological polar surface area (TPSA) is 26.0 Å². The summed E-state index contributed by atoms with van der Waals surface area (Å²) in [5.41, 5.74) is 7.12. The molecule has 0 aliphatic carbocycles. The first kappa shape index (κ1) is 10.3. The highest BCUT2D eigenvalue weighted by Gasteiger charge is 2.14. The van der Waals surface area contributed by atoms with Crippen molar-refractivity contribution in [1.29, 1.82) is 0 Å². The Bertz CT molecular complexity index is 226. The van der Waals surface area contributed by atoms with Crippen molar-refractivity contribution >= 4 is 0 Å². The minimum Gasteiger partial charge on any atom is -0.330 e. The van der Waals surface area contributed by atoms with E-state index in [9.17, 15) is 0 Å². The Hall–Kier alpha value is -0.820. The van der Waals surface area contributed by atoms with Gasteiger partial charge in [-0.2, -0.15) is 0 Å². The molecule has 0 spiro atoms. The summed E-state index contributed by atoms with van der Waals surface area (Å²) >= 11 is 0. The number of rotatable bonds is 4. The van der Waals surface area contributed by atoms with E-state index in [0.29, 0.717) is 11.8 Å². The molecule has 0 fully saturated rings. The molecular weight excluding hydrogens is 158 g/mol. The maximum Gasteiger partial charge on any atom is -0.00432 e. The van der Waals surface area contributed by atoms with Crippen LogP contribution in [0, 0.1) is 5.92 Å². The molecule has 2 N–H and O–H groups in total. The lowest BCUT2D eigenvalue weighted by Crippen LogP contribution is -2.19. The van der Waals surface area contributed by atoms with E-state index in [1.165, 1.54) is 5.56 Å². The van der Waals surface area contributed by atoms with Crippen molar-refractivity contribution < 1.29 is 0 Å². The van der Waals surface area contributed by atoms with Crippen LogP contribution in [0.5, 0.6) is 0 Å². The standard InChI is InChI=1S/C12H19N/c1-3-11(9-13)10(2)12-7-5-4-6-8-12/h4-8,10-11H,3,9,13H2,1-2H3. The van der Waals surface area contributed by atoms with Gasteiger partial charge in [0.15, 0.2) is 0 Å². The third kappa shape index (κ3) is 2.56. The van der Waals surface area contributed by atoms with Gasteiger partial charge < -0.3 is 5.73 Å². The number of hydrogen-bond donors (Lipinski definition) is 1. The zero-order chi connectivity index (χ0) is 9.68. The summed E-state index contributed by atoms with van der Waals surface area (Å²) in [6.07, 6.45) is 1.16. The smallest absolute Gasteiger partial charge is 0.00432 e. The van der Waals surface area contributed by atoms with Crippen LogP contribution in [-0.2, 0) is 0 Å². The second kappa shape index (κ2) is 5.03. The monoisotopic (exact) mass is 177 g/mol. The maximum atomic E-state index is 5.72. The predicted octanol–water partition coefficient (Wildman–Crippen LogP) is 2.78. The van der Waals surface area contributed by atoms with Gasteiger partial charge in [0.25, 0.3) is 0 Å². The van der Waals surface area contributed by atoms with Gasteiger partial charge in [-0.25, -0.2) is 0 Å². The van der Waals surface area contributed by atoms with Gasteiger partial charge in [-0.05, 0) is 23.9 Å². The fourth-order valence-electron chi connectivity index (χ4n) is 1.75. The highest BCUT2D eigenvalue weighted by Crippen LogP contribution is 2.25. The van der Waals surface area contributed by atoms with Gasteiger partial charge in [0.2, 0.25) is 0 Å². The van der Waals surface area contributed by atoms with Gasteiger partial charge >= 0.3 is 0 Å². The maximum absolute atomic E-state index is 5.72. The normalized spacial score (nSPS) is 15.3. The average Bonchev–Trinajstić information content (AvgIpc) is 2.21. The van der Waals surface area contributed by atoms with Gasteiger partial charge in [-0.3, -0.25) is 0 Å². The summed E-state index contributed by atoms with van der Waals surface area (Å²) in [6, 6.07) is 10.6. The zero-order valence-electron chi connectivity index (χ0n) is 8.53. The summed E-state index contributed by atoms with van der Waals surface area (Å²) in [7, 11) is 0. The van der Waals surface area contributed by atoms with E-state index in [2.05, 4.69) is 44.2 Å². The van der Waals surface area contributed by atoms with Crippen LogP contribution in [0.3, 0.4) is 0 Å². The second-order valence-electron chi connectivity index (χ2n) is 3.60. The molecule has 0 aromatic heterocycles. The van der Waals surface area contributed by atoms with E-state index in [0.717, 1.165) is 13.0 Å². The summed E-state index contributed by atoms with van der Waals surface area (Å²) in [5, 5.41) is 0. The Morgan fingerprint density at radius 2 is 1.85 bits per heavy atom. The third-order valence-corrected chi connectivity index (χ3v) is 2.86. The minimum atomic E-state index is 0.580. The van der Waals surface area contributed by atoms with Gasteiger partial charge in [0.05, 0.1) is 0 Å². The van der Waals surface area contributed by atoms with Gasteiger partial charge in [0.1, 0.15) is 0 Å². The molecule has 0 heterocycles. The third-order valence-electron chi connectivity index (χ3n) is 2.86. The molecule has 0 saturated carbocycles. The molecular formula is C12H19N. The summed E-state index contributed by atoms with van der Waals surface area (Å²) in [6.45, 7) is 5.25. The molecule has 2 atom stereocenters. The van der Waals surface area contributed by atoms with Crippen LogP contribution >= 0.6 is 0 Å². The van der Waals surface area contributed by atoms with Crippen molar-refractivity contribution in [3.8, 4) is 0 Å². The Labute approximate surface area is 81.0 Å². The van der Waals surface area contributed by atoms with E-state index in [-0.39, 0.29) is 0 Å². The van der Waals surface area contributed by atoms with Crippen LogP contribution < -0.4 is 5.73 Å². The van der Waals surface area contributed by atoms with Crippen LogP contribution in [0.15, 0.2) is 30.3 Å². The molecule has 72 valence electrons. The quantitative estimate of drug-likeness (QED) is 0.752. The average molecular weight is 177 g/mol. The second-order valence-corrected chi connectivity index (χ2v) is 3.60. The van der Waals surface area contributed by atoms with E-state index < -0.39 is 0 Å². The largest absolute Gasteiger partial charge is 0.330 e. The molecule has 1 nitrogen and oxygen atoms in total. The van der Waals surface area contributed by atoms with E-state index in [1.54, 1.807) is 0 Å². The highest BCUT2D eigenvalue weighted by atomic mass is 14.6. The molecule has 2 unspecified atom stereocenters. The molecule has 1 heteroatoms. The Morgan fingerprint density at radius 3 is 2.31 bits per heavy atom. The van der Waals surface area contributed by atoms with E-state index >= 15 is 0 Å². The lowest BCUT2D eigenvalue weighted by atomic mass is 9.86. The SMILES string of the molecule is CCC(CN)C(C)c1ccccc1. The van der Waals surface area contributed by atoms with Crippen LogP contribution in [0.4, 0.5) is 0 Å². The molecule has 1 rings (SSSR count). The Balaban J connectivity index is 2.72. The van der Waals surface area contributed by atoms with Crippen LogP contribution in [-0.4, -0.2) is 6.54 Å². The first-order valence-electron chi connectivity index (χ1n) is 5.04. The first-order chi connectivity index (χ1) is 6.29. The zero-order valence-corrected chi connectivity index (χ0v) is 8.53. The number of hydrogen-bond acceptors (Lipinski definition) is 1. The van der Waals surface area contributed by atoms with Gasteiger partial charge in [0, 0.05) is 0 Å². The number of nitrogens with two attached hydrogens (primary N) is 1. The molecule has 0 saturated heterocycles. The lowest BCUT2D eigenvalue weighted by molar-refractivity contribution is 0.442. The lowest BCUT2D eigenvalue weighted by Gasteiger charge is -2.21.